The van der Waals surface area contributed by atoms with E-state index in [-0.39, 0.29) is 29.8 Å². The van der Waals surface area contributed by atoms with Gasteiger partial charge in [0.15, 0.2) is 5.82 Å². The van der Waals surface area contributed by atoms with Gasteiger partial charge in [-0.05, 0) is 31.8 Å². The van der Waals surface area contributed by atoms with E-state index < -0.39 is 12.7 Å². The minimum atomic E-state index is -2.85. The van der Waals surface area contributed by atoms with Crippen molar-refractivity contribution in [1.29, 1.82) is 0 Å². The lowest BCUT2D eigenvalue weighted by Gasteiger charge is -2.32. The Hall–Kier alpha value is -3.02. The van der Waals surface area contributed by atoms with Gasteiger partial charge in [-0.25, -0.2) is 9.98 Å². The van der Waals surface area contributed by atoms with Crippen LogP contribution in [0, 0.1) is 0 Å². The zero-order chi connectivity index (χ0) is 24.5. The minimum Gasteiger partial charge on any atom is -0.349 e. The third-order valence-electron chi connectivity index (χ3n) is 5.49. The molecule has 1 aromatic heterocycles. The van der Waals surface area contributed by atoms with Crippen molar-refractivity contribution < 1.29 is 18.3 Å². The molecule has 0 radical (unpaired) electrons. The Bertz CT molecular complexity index is 951. The second-order valence-corrected chi connectivity index (χ2v) is 8.31. The van der Waals surface area contributed by atoms with Gasteiger partial charge in [0.2, 0.25) is 5.95 Å². The number of amides is 1. The fraction of sp³-hybridized carbons (Fsp3) is 0.478. The first-order chi connectivity index (χ1) is 16.3. The quantitative estimate of drug-likeness (QED) is 0.482. The maximum atomic E-state index is 12.7. The lowest BCUT2D eigenvalue weighted by molar-refractivity contribution is -0.130. The van der Waals surface area contributed by atoms with Crippen LogP contribution in [0.2, 0.25) is 0 Å². The largest absolute Gasteiger partial charge is 0.349 e. The van der Waals surface area contributed by atoms with Crippen molar-refractivity contribution >= 4 is 24.4 Å². The normalized spacial score (nSPS) is 15.8. The predicted octanol–water partition coefficient (Wildman–Crippen LogP) is 2.53. The summed E-state index contributed by atoms with van der Waals surface area (Å²) in [5.41, 5.74) is 2.38. The number of aliphatic imine (C=N–C) groups is 1. The Morgan fingerprint density at radius 3 is 2.53 bits per heavy atom. The summed E-state index contributed by atoms with van der Waals surface area (Å²) in [6.07, 6.45) is 1.33. The fourth-order valence-corrected chi connectivity index (χ4v) is 3.51. The number of likely N-dealkylation sites (N-methyl/N-ethyl adjacent to an activating group) is 1. The van der Waals surface area contributed by atoms with Gasteiger partial charge >= 0.3 is 6.61 Å². The number of ether oxygens (including phenoxy) is 1. The first-order valence-corrected chi connectivity index (χ1v) is 11.1. The van der Waals surface area contributed by atoms with Crippen LogP contribution in [-0.2, 0) is 17.8 Å². The lowest BCUT2D eigenvalue weighted by atomic mass is 10.1. The molecule has 9 nitrogen and oxygen atoms in total. The number of alkyl halides is 2. The van der Waals surface area contributed by atoms with E-state index >= 15 is 0 Å². The fourth-order valence-electron chi connectivity index (χ4n) is 3.51. The summed E-state index contributed by atoms with van der Waals surface area (Å²) in [5, 5.41) is 5.67. The SMILES string of the molecule is C=Nc1nc(N[C@@H](C)COC(F)F)ncc1C(=O)NCc1ccc(CN2CCN(C)CC2)cc1. The van der Waals surface area contributed by atoms with Crippen LogP contribution in [0.5, 0.6) is 0 Å². The van der Waals surface area contributed by atoms with Crippen molar-refractivity contribution in [2.45, 2.75) is 32.7 Å². The van der Waals surface area contributed by atoms with Crippen molar-refractivity contribution in [2.24, 2.45) is 4.99 Å². The van der Waals surface area contributed by atoms with Crippen molar-refractivity contribution in [1.82, 2.24) is 25.1 Å². The monoisotopic (exact) mass is 475 g/mol. The van der Waals surface area contributed by atoms with E-state index in [0.29, 0.717) is 6.54 Å². The first kappa shape index (κ1) is 25.6. The highest BCUT2D eigenvalue weighted by Gasteiger charge is 2.16. The van der Waals surface area contributed by atoms with Crippen LogP contribution in [0.1, 0.15) is 28.4 Å². The number of carbonyl (C=O) groups excluding carboxylic acids is 1. The molecule has 0 bridgehead atoms. The van der Waals surface area contributed by atoms with E-state index in [1.54, 1.807) is 6.92 Å². The van der Waals surface area contributed by atoms with Crippen LogP contribution in [0.25, 0.3) is 0 Å². The van der Waals surface area contributed by atoms with E-state index in [1.807, 2.05) is 12.1 Å². The van der Waals surface area contributed by atoms with E-state index in [9.17, 15) is 13.6 Å². The molecule has 1 aliphatic rings. The van der Waals surface area contributed by atoms with Gasteiger partial charge in [-0.15, -0.1) is 0 Å². The number of hydrogen-bond acceptors (Lipinski definition) is 8. The number of rotatable bonds is 11. The van der Waals surface area contributed by atoms with E-state index in [1.165, 1.54) is 11.8 Å². The number of nitrogens with zero attached hydrogens (tertiary/aromatic N) is 5. The predicted molar refractivity (Wildman–Crippen MR) is 127 cm³/mol. The number of anilines is 1. The smallest absolute Gasteiger partial charge is 0.345 e. The summed E-state index contributed by atoms with van der Waals surface area (Å²) in [7, 11) is 2.14. The lowest BCUT2D eigenvalue weighted by Crippen LogP contribution is -2.43. The number of hydrogen-bond donors (Lipinski definition) is 2. The van der Waals surface area contributed by atoms with Gasteiger partial charge in [-0.2, -0.15) is 13.8 Å². The van der Waals surface area contributed by atoms with Crippen LogP contribution in [0.4, 0.5) is 20.5 Å². The Morgan fingerprint density at radius 1 is 1.21 bits per heavy atom. The highest BCUT2D eigenvalue weighted by atomic mass is 19.3. The number of halogens is 2. The molecule has 0 unspecified atom stereocenters. The molecule has 11 heteroatoms. The molecular formula is C23H31F2N7O2. The molecule has 2 N–H and O–H groups in total. The van der Waals surface area contributed by atoms with Gasteiger partial charge in [0, 0.05) is 51.5 Å². The van der Waals surface area contributed by atoms with Crippen LogP contribution < -0.4 is 10.6 Å². The average Bonchev–Trinajstić information content (AvgIpc) is 2.83. The third kappa shape index (κ3) is 7.79. The molecule has 1 saturated heterocycles. The van der Waals surface area contributed by atoms with E-state index in [4.69, 9.17) is 0 Å². The molecule has 0 saturated carbocycles. The molecule has 34 heavy (non-hydrogen) atoms. The molecule has 2 aromatic rings. The highest BCUT2D eigenvalue weighted by molar-refractivity contribution is 5.98. The van der Waals surface area contributed by atoms with Gasteiger partial charge in [-0.3, -0.25) is 9.69 Å². The van der Waals surface area contributed by atoms with Gasteiger partial charge in [0.25, 0.3) is 5.91 Å². The minimum absolute atomic E-state index is 0.0968. The number of benzene rings is 1. The van der Waals surface area contributed by atoms with Crippen molar-refractivity contribution in [3.8, 4) is 0 Å². The molecule has 1 aliphatic heterocycles. The van der Waals surface area contributed by atoms with Gasteiger partial charge in [0.05, 0.1) is 6.61 Å². The van der Waals surface area contributed by atoms with Crippen molar-refractivity contribution in [3.05, 3.63) is 47.2 Å². The topological polar surface area (TPSA) is 95.0 Å². The van der Waals surface area contributed by atoms with E-state index in [0.717, 1.165) is 38.3 Å². The first-order valence-electron chi connectivity index (χ1n) is 11.1. The summed E-state index contributed by atoms with van der Waals surface area (Å²) in [6.45, 7) is 7.56. The second kappa shape index (κ2) is 12.4. The van der Waals surface area contributed by atoms with Crippen LogP contribution >= 0.6 is 0 Å². The van der Waals surface area contributed by atoms with E-state index in [2.05, 4.69) is 66.0 Å². The molecular weight excluding hydrogens is 444 g/mol. The summed E-state index contributed by atoms with van der Waals surface area (Å²) in [4.78, 5) is 29.4. The maximum absolute atomic E-state index is 12.7. The average molecular weight is 476 g/mol. The summed E-state index contributed by atoms with van der Waals surface area (Å²) < 4.78 is 28.6. The third-order valence-corrected chi connectivity index (χ3v) is 5.49. The Balaban J connectivity index is 1.52. The molecule has 184 valence electrons. The Morgan fingerprint density at radius 2 is 1.88 bits per heavy atom. The number of carbonyl (C=O) groups is 1. The Labute approximate surface area is 198 Å². The standard InChI is InChI=1S/C23H31F2N7O2/c1-16(15-34-22(24)25)29-23-28-13-19(20(26-2)30-23)21(33)27-12-17-4-6-18(7-5-17)14-32-10-8-31(3)9-11-32/h4-7,13,16,22H,2,8-12,14-15H2,1,3H3,(H,27,33)(H,28,29,30)/t16-/m0/s1. The van der Waals surface area contributed by atoms with Crippen molar-refractivity contribution in [3.63, 3.8) is 0 Å². The molecule has 1 atom stereocenters. The number of nitrogens with one attached hydrogen (secondary N) is 2. The summed E-state index contributed by atoms with van der Waals surface area (Å²) in [6, 6.07) is 7.71. The van der Waals surface area contributed by atoms with Crippen LogP contribution in [-0.4, -0.2) is 84.9 Å². The zero-order valence-corrected chi connectivity index (χ0v) is 19.5. The maximum Gasteiger partial charge on any atom is 0.345 e. The summed E-state index contributed by atoms with van der Waals surface area (Å²) in [5.74, 6) is -0.149. The van der Waals surface area contributed by atoms with Crippen LogP contribution in [0.3, 0.4) is 0 Å². The molecule has 0 spiro atoms. The highest BCUT2D eigenvalue weighted by Crippen LogP contribution is 2.18. The molecule has 1 amide bonds. The molecule has 3 rings (SSSR count). The molecule has 2 heterocycles. The molecule has 1 fully saturated rings. The zero-order valence-electron chi connectivity index (χ0n) is 19.5. The van der Waals surface area contributed by atoms with Crippen LogP contribution in [0.15, 0.2) is 35.5 Å². The summed E-state index contributed by atoms with van der Waals surface area (Å²) >= 11 is 0. The number of aromatic nitrogens is 2. The van der Waals surface area contributed by atoms with Gasteiger partial charge in [0.1, 0.15) is 5.56 Å². The Kier molecular flexibility index (Phi) is 9.37. The second-order valence-electron chi connectivity index (χ2n) is 8.31. The molecule has 1 aromatic carbocycles. The number of piperazine rings is 1. The van der Waals surface area contributed by atoms with Gasteiger partial charge < -0.3 is 20.3 Å². The van der Waals surface area contributed by atoms with Gasteiger partial charge in [-0.1, -0.05) is 24.3 Å². The van der Waals surface area contributed by atoms with Crippen molar-refractivity contribution in [2.75, 3.05) is 45.2 Å². The molecule has 0 aliphatic carbocycles.